The lowest BCUT2D eigenvalue weighted by Gasteiger charge is -2.32. The maximum Gasteiger partial charge on any atom is 0.138 e. The lowest BCUT2D eigenvalue weighted by molar-refractivity contribution is 0.161. The molecule has 0 aliphatic carbocycles. The zero-order chi connectivity index (χ0) is 13.8. The van der Waals surface area contributed by atoms with Gasteiger partial charge in [-0.25, -0.2) is 0 Å². The van der Waals surface area contributed by atoms with Crippen molar-refractivity contribution in [2.75, 3.05) is 19.6 Å². The Bertz CT molecular complexity index is 375. The van der Waals surface area contributed by atoms with Crippen LogP contribution in [0.5, 0.6) is 0 Å². The Labute approximate surface area is 116 Å². The molecule has 0 bridgehead atoms. The maximum atomic E-state index is 5.28. The molecule has 0 atom stereocenters. The molecule has 1 aromatic rings. The van der Waals surface area contributed by atoms with Crippen LogP contribution in [0.2, 0.25) is 0 Å². The minimum Gasteiger partial charge on any atom is -0.361 e. The molecule has 2 heterocycles. The molecule has 1 aromatic heterocycles. The van der Waals surface area contributed by atoms with Gasteiger partial charge in [0.05, 0.1) is 5.69 Å². The first-order valence-electron chi connectivity index (χ1n) is 7.44. The van der Waals surface area contributed by atoms with Gasteiger partial charge in [0.2, 0.25) is 0 Å². The topological polar surface area (TPSA) is 41.3 Å². The number of nitrogens with zero attached hydrogens (tertiary/aromatic N) is 2. The third-order valence-corrected chi connectivity index (χ3v) is 4.22. The van der Waals surface area contributed by atoms with Crippen molar-refractivity contribution in [3.63, 3.8) is 0 Å². The summed E-state index contributed by atoms with van der Waals surface area (Å²) in [6, 6.07) is 0.559. The molecular formula is C15H27N3O. The largest absolute Gasteiger partial charge is 0.361 e. The van der Waals surface area contributed by atoms with Gasteiger partial charge in [-0.3, -0.25) is 4.90 Å². The highest BCUT2D eigenvalue weighted by molar-refractivity contribution is 5.20. The van der Waals surface area contributed by atoms with Gasteiger partial charge in [0.15, 0.2) is 0 Å². The Morgan fingerprint density at radius 3 is 2.53 bits per heavy atom. The fraction of sp³-hybridized carbons (Fsp3) is 0.800. The summed E-state index contributed by atoms with van der Waals surface area (Å²) in [6.07, 6.45) is 2.59. The van der Waals surface area contributed by atoms with Crippen LogP contribution in [0.4, 0.5) is 0 Å². The molecular weight excluding hydrogens is 238 g/mol. The van der Waals surface area contributed by atoms with Gasteiger partial charge in [-0.05, 0) is 59.5 Å². The Kier molecular flexibility index (Phi) is 4.99. The normalized spacial score (nSPS) is 17.6. The summed E-state index contributed by atoms with van der Waals surface area (Å²) >= 11 is 0. The smallest absolute Gasteiger partial charge is 0.138 e. The standard InChI is InChI=1S/C15H27N3O/c1-11(2)18(9-14-5-7-16-8-6-14)10-15-12(3)17-19-13(15)4/h11,14,16H,5-10H2,1-4H3. The summed E-state index contributed by atoms with van der Waals surface area (Å²) in [5.74, 6) is 1.79. The predicted octanol–water partition coefficient (Wildman–Crippen LogP) is 2.50. The second-order valence-corrected chi connectivity index (χ2v) is 6.02. The van der Waals surface area contributed by atoms with E-state index in [2.05, 4.69) is 29.2 Å². The van der Waals surface area contributed by atoms with Crippen molar-refractivity contribution in [1.82, 2.24) is 15.4 Å². The van der Waals surface area contributed by atoms with Gasteiger partial charge in [-0.15, -0.1) is 0 Å². The van der Waals surface area contributed by atoms with Gasteiger partial charge in [0.25, 0.3) is 0 Å². The number of rotatable bonds is 5. The van der Waals surface area contributed by atoms with Gasteiger partial charge >= 0.3 is 0 Å². The second kappa shape index (κ2) is 6.53. The molecule has 4 heteroatoms. The zero-order valence-corrected chi connectivity index (χ0v) is 12.7. The Hall–Kier alpha value is -0.870. The van der Waals surface area contributed by atoms with Crippen LogP contribution in [0.1, 0.15) is 43.7 Å². The molecule has 1 N–H and O–H groups in total. The summed E-state index contributed by atoms with van der Waals surface area (Å²) in [5, 5.41) is 7.50. The van der Waals surface area contributed by atoms with E-state index in [4.69, 9.17) is 4.52 Å². The van der Waals surface area contributed by atoms with Crippen molar-refractivity contribution >= 4 is 0 Å². The maximum absolute atomic E-state index is 5.28. The summed E-state index contributed by atoms with van der Waals surface area (Å²) in [4.78, 5) is 2.56. The minimum atomic E-state index is 0.559. The summed E-state index contributed by atoms with van der Waals surface area (Å²) in [6.45, 7) is 13.1. The molecule has 0 spiro atoms. The fourth-order valence-electron chi connectivity index (χ4n) is 2.78. The van der Waals surface area contributed by atoms with Crippen molar-refractivity contribution in [3.05, 3.63) is 17.0 Å². The molecule has 4 nitrogen and oxygen atoms in total. The van der Waals surface area contributed by atoms with E-state index in [-0.39, 0.29) is 0 Å². The lowest BCUT2D eigenvalue weighted by atomic mass is 9.96. The van der Waals surface area contributed by atoms with Crippen LogP contribution in [-0.4, -0.2) is 35.7 Å². The van der Waals surface area contributed by atoms with Crippen LogP contribution in [0.15, 0.2) is 4.52 Å². The van der Waals surface area contributed by atoms with E-state index < -0.39 is 0 Å². The van der Waals surface area contributed by atoms with Crippen molar-refractivity contribution in [3.8, 4) is 0 Å². The number of hydrogen-bond donors (Lipinski definition) is 1. The van der Waals surface area contributed by atoms with Crippen LogP contribution in [0, 0.1) is 19.8 Å². The predicted molar refractivity (Wildman–Crippen MR) is 77.1 cm³/mol. The minimum absolute atomic E-state index is 0.559. The lowest BCUT2D eigenvalue weighted by Crippen LogP contribution is -2.39. The Balaban J connectivity index is 1.99. The SMILES string of the molecule is Cc1noc(C)c1CN(CC1CCNCC1)C(C)C. The summed E-state index contributed by atoms with van der Waals surface area (Å²) < 4.78 is 5.28. The van der Waals surface area contributed by atoms with E-state index in [1.807, 2.05) is 13.8 Å². The van der Waals surface area contributed by atoms with E-state index in [1.165, 1.54) is 38.0 Å². The van der Waals surface area contributed by atoms with E-state index in [0.29, 0.717) is 6.04 Å². The van der Waals surface area contributed by atoms with E-state index >= 15 is 0 Å². The first-order valence-corrected chi connectivity index (χ1v) is 7.44. The van der Waals surface area contributed by atoms with Gasteiger partial charge in [0.1, 0.15) is 5.76 Å². The molecule has 0 saturated carbocycles. The molecule has 0 aromatic carbocycles. The third kappa shape index (κ3) is 3.80. The van der Waals surface area contributed by atoms with E-state index in [1.54, 1.807) is 0 Å². The van der Waals surface area contributed by atoms with Crippen molar-refractivity contribution in [2.45, 2.75) is 53.1 Å². The molecule has 1 aliphatic rings. The number of nitrogens with one attached hydrogen (secondary N) is 1. The molecule has 0 unspecified atom stereocenters. The Morgan fingerprint density at radius 2 is 2.00 bits per heavy atom. The molecule has 2 rings (SSSR count). The summed E-state index contributed by atoms with van der Waals surface area (Å²) in [7, 11) is 0. The monoisotopic (exact) mass is 265 g/mol. The summed E-state index contributed by atoms with van der Waals surface area (Å²) in [5.41, 5.74) is 2.30. The number of aromatic nitrogens is 1. The van der Waals surface area contributed by atoms with Crippen molar-refractivity contribution in [2.24, 2.45) is 5.92 Å². The highest BCUT2D eigenvalue weighted by Crippen LogP contribution is 2.20. The molecule has 19 heavy (non-hydrogen) atoms. The first kappa shape index (κ1) is 14.5. The molecule has 0 radical (unpaired) electrons. The second-order valence-electron chi connectivity index (χ2n) is 6.02. The Morgan fingerprint density at radius 1 is 1.32 bits per heavy atom. The average Bonchev–Trinajstić information content (AvgIpc) is 2.70. The molecule has 1 saturated heterocycles. The van der Waals surface area contributed by atoms with Crippen LogP contribution >= 0.6 is 0 Å². The first-order chi connectivity index (χ1) is 9.08. The molecule has 0 amide bonds. The fourth-order valence-corrected chi connectivity index (χ4v) is 2.78. The third-order valence-electron chi connectivity index (χ3n) is 4.22. The highest BCUT2D eigenvalue weighted by atomic mass is 16.5. The molecule has 1 aliphatic heterocycles. The van der Waals surface area contributed by atoms with Gasteiger partial charge < -0.3 is 9.84 Å². The number of piperidine rings is 1. The van der Waals surface area contributed by atoms with Gasteiger partial charge in [-0.2, -0.15) is 0 Å². The highest BCUT2D eigenvalue weighted by Gasteiger charge is 2.21. The number of hydrogen-bond acceptors (Lipinski definition) is 4. The zero-order valence-electron chi connectivity index (χ0n) is 12.7. The molecule has 108 valence electrons. The van der Waals surface area contributed by atoms with Crippen LogP contribution in [0.3, 0.4) is 0 Å². The quantitative estimate of drug-likeness (QED) is 0.888. The van der Waals surface area contributed by atoms with Crippen molar-refractivity contribution < 1.29 is 4.52 Å². The van der Waals surface area contributed by atoms with Crippen LogP contribution < -0.4 is 5.32 Å². The van der Waals surface area contributed by atoms with Crippen LogP contribution in [0.25, 0.3) is 0 Å². The van der Waals surface area contributed by atoms with Gasteiger partial charge in [-0.1, -0.05) is 5.16 Å². The van der Waals surface area contributed by atoms with Gasteiger partial charge in [0, 0.05) is 24.7 Å². The van der Waals surface area contributed by atoms with E-state index in [0.717, 1.165) is 23.9 Å². The average molecular weight is 265 g/mol. The van der Waals surface area contributed by atoms with Crippen LogP contribution in [-0.2, 0) is 6.54 Å². The van der Waals surface area contributed by atoms with Crippen molar-refractivity contribution in [1.29, 1.82) is 0 Å². The van der Waals surface area contributed by atoms with E-state index in [9.17, 15) is 0 Å². The molecule has 1 fully saturated rings. The number of aryl methyl sites for hydroxylation is 2.